The van der Waals surface area contributed by atoms with Crippen molar-refractivity contribution in [2.75, 3.05) is 52.9 Å². The minimum absolute atomic E-state index is 0.231. The summed E-state index contributed by atoms with van der Waals surface area (Å²) >= 11 is 0. The van der Waals surface area contributed by atoms with Crippen LogP contribution in [0.15, 0.2) is 120 Å². The first-order chi connectivity index (χ1) is 28.8. The van der Waals surface area contributed by atoms with E-state index in [2.05, 4.69) is 75.5 Å². The molecule has 0 aromatic heterocycles. The topological polar surface area (TPSA) is 92.3 Å². The number of benzene rings is 2. The van der Waals surface area contributed by atoms with Crippen molar-refractivity contribution in [1.29, 1.82) is 0 Å². The van der Waals surface area contributed by atoms with Crippen molar-refractivity contribution in [1.82, 2.24) is 0 Å². The summed E-state index contributed by atoms with van der Waals surface area (Å²) in [5.41, 5.74) is 0.602. The molecule has 0 aliphatic heterocycles. The first-order valence-corrected chi connectivity index (χ1v) is 21.5. The van der Waals surface area contributed by atoms with Gasteiger partial charge in [0, 0.05) is 37.6 Å². The molecule has 0 N–H and O–H groups in total. The molecule has 0 heterocycles. The molecule has 322 valence electrons. The molecule has 0 radical (unpaired) electrons. The monoisotopic (exact) mass is 814 g/mol. The van der Waals surface area contributed by atoms with E-state index in [1.54, 1.807) is 0 Å². The van der Waals surface area contributed by atoms with Crippen LogP contribution in [0.1, 0.15) is 93.2 Å². The summed E-state index contributed by atoms with van der Waals surface area (Å²) < 4.78 is 70.3. The van der Waals surface area contributed by atoms with E-state index in [1.165, 1.54) is 12.5 Å². The molecule has 0 amide bonds. The van der Waals surface area contributed by atoms with Gasteiger partial charge in [-0.1, -0.05) is 75.5 Å². The fraction of sp³-hybridized carbons (Fsp3) is 0.510. The van der Waals surface area contributed by atoms with E-state index in [9.17, 15) is 0 Å². The van der Waals surface area contributed by atoms with Crippen LogP contribution in [0.2, 0.25) is 0 Å². The highest BCUT2D eigenvalue weighted by molar-refractivity contribution is 5.85. The number of rotatable bonds is 24. The molecule has 2 aromatic rings. The Morgan fingerprint density at radius 2 is 0.847 bits per heavy atom. The zero-order chi connectivity index (χ0) is 42.8. The van der Waals surface area contributed by atoms with Gasteiger partial charge in [-0.3, -0.25) is 0 Å². The van der Waals surface area contributed by atoms with E-state index in [0.29, 0.717) is 73.8 Å². The first-order valence-electron chi connectivity index (χ1n) is 21.5. The van der Waals surface area contributed by atoms with Crippen molar-refractivity contribution in [3.8, 4) is 11.1 Å². The summed E-state index contributed by atoms with van der Waals surface area (Å²) in [7, 11) is 0. The molecular weight excluding hydrogens is 749 g/mol. The SMILES string of the molecule is C=COC1=C(CC)C(OCC)C(OCC)(C2(C3(OCC)C(OCC)=C(OCC)C(OC=C)=C(CC)C3OCC)c3ccccc3-c3ccccc32)C(OCC)=C1OCC. The van der Waals surface area contributed by atoms with Gasteiger partial charge in [0.15, 0.2) is 34.2 Å². The maximum Gasteiger partial charge on any atom is 0.203 e. The van der Waals surface area contributed by atoms with Crippen LogP contribution in [0.5, 0.6) is 0 Å². The van der Waals surface area contributed by atoms with Crippen LogP contribution < -0.4 is 0 Å². The molecule has 5 rings (SSSR count). The smallest absolute Gasteiger partial charge is 0.203 e. The maximum absolute atomic E-state index is 7.73. The zero-order valence-corrected chi connectivity index (χ0v) is 37.0. The van der Waals surface area contributed by atoms with Crippen molar-refractivity contribution in [3.05, 3.63) is 131 Å². The Balaban J connectivity index is 2.29. The number of hydrogen-bond donors (Lipinski definition) is 0. The summed E-state index contributed by atoms with van der Waals surface area (Å²) in [4.78, 5) is 0. The van der Waals surface area contributed by atoms with Crippen LogP contribution in [0, 0.1) is 0 Å². The molecule has 3 aliphatic rings. The largest absolute Gasteiger partial charge is 0.491 e. The van der Waals surface area contributed by atoms with Gasteiger partial charge in [-0.15, -0.1) is 0 Å². The fourth-order valence-corrected chi connectivity index (χ4v) is 9.87. The number of hydrogen-bond acceptors (Lipinski definition) is 10. The second-order valence-corrected chi connectivity index (χ2v) is 13.9. The van der Waals surface area contributed by atoms with Crippen molar-refractivity contribution in [3.63, 3.8) is 0 Å². The van der Waals surface area contributed by atoms with E-state index in [4.69, 9.17) is 47.4 Å². The molecular formula is C49H66O10. The summed E-state index contributed by atoms with van der Waals surface area (Å²) in [6, 6.07) is 16.9. The van der Waals surface area contributed by atoms with Crippen LogP contribution in [0.25, 0.3) is 11.1 Å². The van der Waals surface area contributed by atoms with Crippen LogP contribution in [0.4, 0.5) is 0 Å². The second kappa shape index (κ2) is 20.2. The van der Waals surface area contributed by atoms with Gasteiger partial charge in [0.05, 0.1) is 39.0 Å². The fourth-order valence-electron chi connectivity index (χ4n) is 9.87. The third kappa shape index (κ3) is 6.90. The summed E-state index contributed by atoms with van der Waals surface area (Å²) in [5, 5.41) is 0. The van der Waals surface area contributed by atoms with Crippen LogP contribution in [0.3, 0.4) is 0 Å². The standard InChI is InChI=1S/C49H66O10/c1-13-33-39(50-15-3)41(52-17-5)45(56-21-9)48(58-23-11,43(33)54-19-7)47(37-31-27-25-29-35(37)36-30-26-28-32-38(36)47)49(59-24-12)44(55-20-8)34(14-2)40(51-16-4)42(53-18-6)46(49)57-22-10/h15-16,25-32,43-44H,3-4,13-14,17-24H2,1-2,5-12H3. The molecule has 0 bridgehead atoms. The lowest BCUT2D eigenvalue weighted by atomic mass is 9.48. The normalized spacial score (nSPS) is 23.5. The average Bonchev–Trinajstić information content (AvgIpc) is 3.55. The molecule has 0 spiro atoms. The van der Waals surface area contributed by atoms with E-state index >= 15 is 0 Å². The molecule has 59 heavy (non-hydrogen) atoms. The quantitative estimate of drug-likeness (QED) is 0.0954. The minimum Gasteiger partial charge on any atom is -0.491 e. The highest BCUT2D eigenvalue weighted by Crippen LogP contribution is 2.70. The lowest BCUT2D eigenvalue weighted by molar-refractivity contribution is -0.245. The van der Waals surface area contributed by atoms with Gasteiger partial charge in [-0.25, -0.2) is 0 Å². The molecule has 10 nitrogen and oxygen atoms in total. The van der Waals surface area contributed by atoms with Crippen molar-refractivity contribution in [2.45, 2.75) is 111 Å². The predicted molar refractivity (Wildman–Crippen MR) is 230 cm³/mol. The Hall–Kier alpha value is -4.48. The van der Waals surface area contributed by atoms with Gasteiger partial charge in [-0.2, -0.15) is 0 Å². The Labute approximate surface area is 352 Å². The van der Waals surface area contributed by atoms with E-state index in [-0.39, 0.29) is 26.4 Å². The predicted octanol–water partition coefficient (Wildman–Crippen LogP) is 10.6. The van der Waals surface area contributed by atoms with Gasteiger partial charge in [-0.05, 0) is 90.5 Å². The first kappa shape index (κ1) is 45.6. The van der Waals surface area contributed by atoms with Gasteiger partial charge >= 0.3 is 0 Å². The number of ether oxygens (including phenoxy) is 10. The van der Waals surface area contributed by atoms with Gasteiger partial charge in [0.25, 0.3) is 0 Å². The van der Waals surface area contributed by atoms with Gasteiger partial charge in [0.1, 0.15) is 17.6 Å². The second-order valence-electron chi connectivity index (χ2n) is 13.9. The molecule has 3 aliphatic carbocycles. The van der Waals surface area contributed by atoms with E-state index in [0.717, 1.165) is 33.4 Å². The third-order valence-electron chi connectivity index (χ3n) is 11.3. The highest BCUT2D eigenvalue weighted by Gasteiger charge is 2.81. The molecule has 2 aromatic carbocycles. The summed E-state index contributed by atoms with van der Waals surface area (Å²) in [6.07, 6.45) is 2.11. The Bertz CT molecular complexity index is 1780. The number of fused-ring (bicyclic) bond motifs is 3. The third-order valence-corrected chi connectivity index (χ3v) is 11.3. The molecule has 0 saturated heterocycles. The van der Waals surface area contributed by atoms with Crippen molar-refractivity contribution < 1.29 is 47.4 Å². The van der Waals surface area contributed by atoms with E-state index < -0.39 is 28.8 Å². The zero-order valence-electron chi connectivity index (χ0n) is 37.0. The Kier molecular flexibility index (Phi) is 15.6. The van der Waals surface area contributed by atoms with Crippen LogP contribution in [-0.4, -0.2) is 76.3 Å². The lowest BCUT2D eigenvalue weighted by Crippen LogP contribution is -2.77. The summed E-state index contributed by atoms with van der Waals surface area (Å²) in [5.74, 6) is 2.50. The Morgan fingerprint density at radius 1 is 0.475 bits per heavy atom. The van der Waals surface area contributed by atoms with Crippen molar-refractivity contribution in [2.24, 2.45) is 0 Å². The maximum atomic E-state index is 7.73. The lowest BCUT2D eigenvalue weighted by Gasteiger charge is -2.63. The van der Waals surface area contributed by atoms with Crippen molar-refractivity contribution >= 4 is 0 Å². The Morgan fingerprint density at radius 3 is 1.15 bits per heavy atom. The molecule has 4 atom stereocenters. The summed E-state index contributed by atoms with van der Waals surface area (Å²) in [6.45, 7) is 30.1. The highest BCUT2D eigenvalue weighted by atomic mass is 16.6. The molecule has 0 fully saturated rings. The van der Waals surface area contributed by atoms with Crippen LogP contribution in [-0.2, 0) is 52.8 Å². The molecule has 0 saturated carbocycles. The molecule has 4 unspecified atom stereocenters. The van der Waals surface area contributed by atoms with Gasteiger partial charge < -0.3 is 47.4 Å². The average molecular weight is 815 g/mol. The van der Waals surface area contributed by atoms with Crippen LogP contribution >= 0.6 is 0 Å². The van der Waals surface area contributed by atoms with Gasteiger partial charge in [0.2, 0.25) is 11.5 Å². The van der Waals surface area contributed by atoms with E-state index in [1.807, 2.05) is 55.4 Å². The molecule has 10 heteroatoms. The minimum atomic E-state index is -1.64.